The predicted octanol–water partition coefficient (Wildman–Crippen LogP) is 2.54. The monoisotopic (exact) mass is 398 g/mol. The van der Waals surface area contributed by atoms with Gasteiger partial charge in [-0.2, -0.15) is 17.7 Å². The molecule has 0 spiro atoms. The highest BCUT2D eigenvalue weighted by atomic mass is 32.1. The smallest absolute Gasteiger partial charge is 0.329 e. The predicted molar refractivity (Wildman–Crippen MR) is 110 cm³/mol. The number of benzene rings is 1. The zero-order chi connectivity index (χ0) is 20.3. The second kappa shape index (κ2) is 8.43. The maximum Gasteiger partial charge on any atom is 0.329 e. The summed E-state index contributed by atoms with van der Waals surface area (Å²) in [5.41, 5.74) is 3.43. The Morgan fingerprint density at radius 1 is 1.32 bits per heavy atom. The molecule has 2 aromatic heterocycles. The van der Waals surface area contributed by atoms with Gasteiger partial charge in [-0.3, -0.25) is 9.48 Å². The highest BCUT2D eigenvalue weighted by Crippen LogP contribution is 2.26. The molecule has 1 amide bonds. The second-order valence-electron chi connectivity index (χ2n) is 6.33. The molecule has 0 unspecified atom stereocenters. The van der Waals surface area contributed by atoms with Crippen LogP contribution in [0.25, 0.3) is 22.2 Å². The van der Waals surface area contributed by atoms with Crippen LogP contribution in [0.2, 0.25) is 0 Å². The standard InChI is InChI=1S/C20H22N4O3S/c1-4-27-20(26)18(11-28)22-19(25)14-9-17(15-10-24(3)23-12(15)2)21-16-8-6-5-7-13(14)16/h5-10,18,28H,4,11H2,1-3H3,(H,22,25)/t18-/m0/s1. The first kappa shape index (κ1) is 19.9. The molecule has 2 heterocycles. The molecular formula is C20H22N4O3S. The van der Waals surface area contributed by atoms with E-state index < -0.39 is 12.0 Å². The van der Waals surface area contributed by atoms with Gasteiger partial charge < -0.3 is 10.1 Å². The van der Waals surface area contributed by atoms with Gasteiger partial charge in [-0.25, -0.2) is 9.78 Å². The molecule has 0 aliphatic rings. The molecule has 1 N–H and O–H groups in total. The van der Waals surface area contributed by atoms with Gasteiger partial charge in [0.15, 0.2) is 0 Å². The lowest BCUT2D eigenvalue weighted by Gasteiger charge is -2.16. The van der Waals surface area contributed by atoms with E-state index in [9.17, 15) is 9.59 Å². The van der Waals surface area contributed by atoms with Crippen molar-refractivity contribution >= 4 is 35.4 Å². The highest BCUT2D eigenvalue weighted by molar-refractivity contribution is 7.80. The quantitative estimate of drug-likeness (QED) is 0.492. The van der Waals surface area contributed by atoms with Crippen LogP contribution >= 0.6 is 12.6 Å². The number of carbonyl (C=O) groups is 2. The minimum atomic E-state index is -0.828. The minimum absolute atomic E-state index is 0.141. The molecular weight excluding hydrogens is 376 g/mol. The topological polar surface area (TPSA) is 86.1 Å². The molecule has 28 heavy (non-hydrogen) atoms. The number of thiol groups is 1. The van der Waals surface area contributed by atoms with Crippen LogP contribution in [0.3, 0.4) is 0 Å². The maximum absolute atomic E-state index is 13.0. The van der Waals surface area contributed by atoms with Gasteiger partial charge in [-0.05, 0) is 26.0 Å². The first-order valence-corrected chi connectivity index (χ1v) is 9.56. The van der Waals surface area contributed by atoms with E-state index in [-0.39, 0.29) is 18.3 Å². The van der Waals surface area contributed by atoms with E-state index in [4.69, 9.17) is 4.74 Å². The lowest BCUT2D eigenvalue weighted by atomic mass is 10.0. The lowest BCUT2D eigenvalue weighted by Crippen LogP contribution is -2.43. The number of para-hydroxylation sites is 1. The van der Waals surface area contributed by atoms with Crippen LogP contribution in [0.15, 0.2) is 36.5 Å². The minimum Gasteiger partial charge on any atom is -0.464 e. The maximum atomic E-state index is 13.0. The number of carbonyl (C=O) groups excluding carboxylic acids is 2. The summed E-state index contributed by atoms with van der Waals surface area (Å²) in [6.45, 7) is 3.85. The average molecular weight is 398 g/mol. The van der Waals surface area contributed by atoms with Crippen molar-refractivity contribution in [1.82, 2.24) is 20.1 Å². The van der Waals surface area contributed by atoms with E-state index >= 15 is 0 Å². The second-order valence-corrected chi connectivity index (χ2v) is 6.70. The zero-order valence-electron chi connectivity index (χ0n) is 16.0. The van der Waals surface area contributed by atoms with Gasteiger partial charge in [0.05, 0.1) is 29.1 Å². The molecule has 0 aliphatic carbocycles. The summed E-state index contributed by atoms with van der Waals surface area (Å²) in [4.78, 5) is 29.7. The van der Waals surface area contributed by atoms with Crippen molar-refractivity contribution in [2.75, 3.05) is 12.4 Å². The van der Waals surface area contributed by atoms with Crippen LogP contribution in [-0.2, 0) is 16.6 Å². The largest absolute Gasteiger partial charge is 0.464 e. The molecule has 3 aromatic rings. The summed E-state index contributed by atoms with van der Waals surface area (Å²) >= 11 is 4.16. The number of esters is 1. The van der Waals surface area contributed by atoms with E-state index in [0.29, 0.717) is 22.2 Å². The summed E-state index contributed by atoms with van der Waals surface area (Å²) in [5.74, 6) is -0.747. The molecule has 0 radical (unpaired) electrons. The normalized spacial score (nSPS) is 12.0. The van der Waals surface area contributed by atoms with Crippen LogP contribution in [0.5, 0.6) is 0 Å². The Bertz CT molecular complexity index is 1030. The number of aryl methyl sites for hydroxylation is 2. The first-order chi connectivity index (χ1) is 13.4. The number of pyridine rings is 1. The van der Waals surface area contributed by atoms with Gasteiger partial charge in [0.1, 0.15) is 6.04 Å². The van der Waals surface area contributed by atoms with Gasteiger partial charge in [0.2, 0.25) is 0 Å². The first-order valence-electron chi connectivity index (χ1n) is 8.93. The Balaban J connectivity index is 2.05. The Labute approximate surface area is 168 Å². The number of hydrogen-bond donors (Lipinski definition) is 2. The fourth-order valence-electron chi connectivity index (χ4n) is 3.01. The van der Waals surface area contributed by atoms with Gasteiger partial charge in [-0.1, -0.05) is 18.2 Å². The highest BCUT2D eigenvalue weighted by Gasteiger charge is 2.23. The third-order valence-electron chi connectivity index (χ3n) is 4.31. The molecule has 146 valence electrons. The summed E-state index contributed by atoms with van der Waals surface area (Å²) in [6.07, 6.45) is 1.86. The van der Waals surface area contributed by atoms with Crippen molar-refractivity contribution in [3.05, 3.63) is 47.8 Å². The molecule has 0 aliphatic heterocycles. The number of amides is 1. The number of rotatable bonds is 6. The molecule has 0 bridgehead atoms. The van der Waals surface area contributed by atoms with Crippen molar-refractivity contribution in [3.8, 4) is 11.3 Å². The van der Waals surface area contributed by atoms with Crippen molar-refractivity contribution in [1.29, 1.82) is 0 Å². The molecule has 7 nitrogen and oxygen atoms in total. The van der Waals surface area contributed by atoms with E-state index in [1.165, 1.54) is 0 Å². The van der Waals surface area contributed by atoms with Crippen molar-refractivity contribution in [3.63, 3.8) is 0 Å². The number of nitrogens with one attached hydrogen (secondary N) is 1. The fraction of sp³-hybridized carbons (Fsp3) is 0.300. The number of aromatic nitrogens is 3. The average Bonchev–Trinajstić information content (AvgIpc) is 3.03. The van der Waals surface area contributed by atoms with Gasteiger partial charge >= 0.3 is 5.97 Å². The number of nitrogens with zero attached hydrogens (tertiary/aromatic N) is 3. The van der Waals surface area contributed by atoms with Crippen LogP contribution in [-0.4, -0.2) is 45.0 Å². The number of ether oxygens (including phenoxy) is 1. The van der Waals surface area contributed by atoms with E-state index in [2.05, 4.69) is 28.0 Å². The molecule has 0 saturated heterocycles. The number of hydrogen-bond acceptors (Lipinski definition) is 6. The van der Waals surface area contributed by atoms with Crippen molar-refractivity contribution in [2.24, 2.45) is 7.05 Å². The van der Waals surface area contributed by atoms with Crippen molar-refractivity contribution < 1.29 is 14.3 Å². The Morgan fingerprint density at radius 3 is 2.71 bits per heavy atom. The summed E-state index contributed by atoms with van der Waals surface area (Å²) < 4.78 is 6.71. The zero-order valence-corrected chi connectivity index (χ0v) is 16.9. The van der Waals surface area contributed by atoms with E-state index in [1.807, 2.05) is 44.4 Å². The molecule has 1 atom stereocenters. The van der Waals surface area contributed by atoms with Gasteiger partial charge in [0.25, 0.3) is 5.91 Å². The Hall–Kier alpha value is -2.87. The fourth-order valence-corrected chi connectivity index (χ4v) is 3.25. The summed E-state index contributed by atoms with van der Waals surface area (Å²) in [6, 6.07) is 8.29. The lowest BCUT2D eigenvalue weighted by molar-refractivity contribution is -0.144. The van der Waals surface area contributed by atoms with Crippen LogP contribution in [0.1, 0.15) is 23.0 Å². The third kappa shape index (κ3) is 4.01. The number of fused-ring (bicyclic) bond motifs is 1. The van der Waals surface area contributed by atoms with E-state index in [1.54, 1.807) is 17.7 Å². The molecule has 0 fully saturated rings. The third-order valence-corrected chi connectivity index (χ3v) is 4.67. The molecule has 8 heteroatoms. The summed E-state index contributed by atoms with van der Waals surface area (Å²) in [5, 5.41) is 7.77. The van der Waals surface area contributed by atoms with Gasteiger partial charge in [0, 0.05) is 29.9 Å². The van der Waals surface area contributed by atoms with Crippen molar-refractivity contribution in [2.45, 2.75) is 19.9 Å². The Morgan fingerprint density at radius 2 is 2.07 bits per heavy atom. The van der Waals surface area contributed by atoms with Crippen LogP contribution in [0.4, 0.5) is 0 Å². The van der Waals surface area contributed by atoms with Crippen LogP contribution < -0.4 is 5.32 Å². The summed E-state index contributed by atoms with van der Waals surface area (Å²) in [7, 11) is 1.84. The van der Waals surface area contributed by atoms with Gasteiger partial charge in [-0.15, -0.1) is 0 Å². The molecule has 3 rings (SSSR count). The van der Waals surface area contributed by atoms with Crippen LogP contribution in [0, 0.1) is 6.92 Å². The molecule has 0 saturated carbocycles. The SMILES string of the molecule is CCOC(=O)[C@H](CS)NC(=O)c1cc(-c2cn(C)nc2C)nc2ccccc12. The Kier molecular flexibility index (Phi) is 5.99. The molecule has 1 aromatic carbocycles. The van der Waals surface area contributed by atoms with E-state index in [0.717, 1.165) is 11.3 Å².